The zero-order valence-electron chi connectivity index (χ0n) is 15.4. The predicted octanol–water partition coefficient (Wildman–Crippen LogP) is 2.55. The Morgan fingerprint density at radius 3 is 2.56 bits per heavy atom. The highest BCUT2D eigenvalue weighted by Gasteiger charge is 2.30. The van der Waals surface area contributed by atoms with Crippen LogP contribution >= 0.6 is 0 Å². The number of aryl methyl sites for hydroxylation is 1. The molecule has 0 N–H and O–H groups in total. The molecule has 1 saturated heterocycles. The average Bonchev–Trinajstić information content (AvgIpc) is 3.14. The first kappa shape index (κ1) is 19.5. The SMILES string of the molecule is CCc1nnc(COC(=O)c2ccc(S(=O)(=O)N3CCCCC3C)cc2)o1. The third-order valence-corrected chi connectivity index (χ3v) is 6.60. The molecule has 0 radical (unpaired) electrons. The Bertz CT molecular complexity index is 892. The van der Waals surface area contributed by atoms with Crippen molar-refractivity contribution in [2.24, 2.45) is 0 Å². The molecular weight excluding hydrogens is 370 g/mol. The van der Waals surface area contributed by atoms with Crippen LogP contribution in [0.15, 0.2) is 33.6 Å². The molecule has 0 saturated carbocycles. The van der Waals surface area contributed by atoms with Gasteiger partial charge in [-0.25, -0.2) is 13.2 Å². The van der Waals surface area contributed by atoms with Crippen LogP contribution in [0.4, 0.5) is 0 Å². The summed E-state index contributed by atoms with van der Waals surface area (Å²) in [6, 6.07) is 5.77. The van der Waals surface area contributed by atoms with E-state index in [-0.39, 0.29) is 29.0 Å². The highest BCUT2D eigenvalue weighted by molar-refractivity contribution is 7.89. The molecule has 1 atom stereocenters. The van der Waals surface area contributed by atoms with E-state index < -0.39 is 16.0 Å². The summed E-state index contributed by atoms with van der Waals surface area (Å²) >= 11 is 0. The van der Waals surface area contributed by atoms with Crippen LogP contribution in [0.2, 0.25) is 0 Å². The van der Waals surface area contributed by atoms with Gasteiger partial charge in [0.1, 0.15) is 0 Å². The second-order valence-electron chi connectivity index (χ2n) is 6.50. The molecule has 8 nitrogen and oxygen atoms in total. The number of hydrogen-bond donors (Lipinski definition) is 0. The first-order chi connectivity index (χ1) is 12.9. The average molecular weight is 393 g/mol. The number of esters is 1. The van der Waals surface area contributed by atoms with E-state index in [1.54, 1.807) is 0 Å². The maximum Gasteiger partial charge on any atom is 0.338 e. The van der Waals surface area contributed by atoms with Crippen LogP contribution in [0.3, 0.4) is 0 Å². The summed E-state index contributed by atoms with van der Waals surface area (Å²) < 4.78 is 37.5. The minimum atomic E-state index is -3.56. The van der Waals surface area contributed by atoms with Gasteiger partial charge in [-0.05, 0) is 44.0 Å². The molecule has 1 unspecified atom stereocenters. The Balaban J connectivity index is 1.66. The lowest BCUT2D eigenvalue weighted by Gasteiger charge is -2.32. The summed E-state index contributed by atoms with van der Waals surface area (Å²) in [6.07, 6.45) is 3.37. The van der Waals surface area contributed by atoms with Gasteiger partial charge in [0.15, 0.2) is 6.61 Å². The number of sulfonamides is 1. The van der Waals surface area contributed by atoms with Crippen LogP contribution in [-0.4, -0.2) is 41.5 Å². The summed E-state index contributed by atoms with van der Waals surface area (Å²) in [6.45, 7) is 4.20. The second-order valence-corrected chi connectivity index (χ2v) is 8.39. The van der Waals surface area contributed by atoms with Crippen molar-refractivity contribution in [3.05, 3.63) is 41.6 Å². The number of rotatable bonds is 6. The smallest absolute Gasteiger partial charge is 0.338 e. The van der Waals surface area contributed by atoms with E-state index in [9.17, 15) is 13.2 Å². The van der Waals surface area contributed by atoms with Crippen LogP contribution < -0.4 is 0 Å². The van der Waals surface area contributed by atoms with Gasteiger partial charge in [0.2, 0.25) is 15.9 Å². The van der Waals surface area contributed by atoms with E-state index in [2.05, 4.69) is 10.2 Å². The van der Waals surface area contributed by atoms with Gasteiger partial charge >= 0.3 is 5.97 Å². The standard InChI is InChI=1S/C18H23N3O5S/c1-3-16-19-20-17(26-16)12-25-18(22)14-7-9-15(10-8-14)27(23,24)21-11-5-4-6-13(21)2/h7-10,13H,3-6,11-12H2,1-2H3. The molecule has 2 aromatic rings. The van der Waals surface area contributed by atoms with Crippen molar-refractivity contribution in [1.29, 1.82) is 0 Å². The number of carbonyl (C=O) groups is 1. The zero-order chi connectivity index (χ0) is 19.4. The largest absolute Gasteiger partial charge is 0.452 e. The monoisotopic (exact) mass is 393 g/mol. The third kappa shape index (κ3) is 4.36. The van der Waals surface area contributed by atoms with Crippen molar-refractivity contribution in [3.8, 4) is 0 Å². The minimum absolute atomic E-state index is 0.0178. The highest BCUT2D eigenvalue weighted by Crippen LogP contribution is 2.25. The van der Waals surface area contributed by atoms with Crippen molar-refractivity contribution < 1.29 is 22.4 Å². The van der Waals surface area contributed by atoms with Crippen LogP contribution in [0.1, 0.15) is 55.2 Å². The van der Waals surface area contributed by atoms with Crippen LogP contribution in [0.25, 0.3) is 0 Å². The van der Waals surface area contributed by atoms with Gasteiger partial charge < -0.3 is 9.15 Å². The molecule has 146 valence electrons. The first-order valence-corrected chi connectivity index (χ1v) is 10.5. The summed E-state index contributed by atoms with van der Waals surface area (Å²) in [5, 5.41) is 7.57. The minimum Gasteiger partial charge on any atom is -0.452 e. The van der Waals surface area contributed by atoms with Gasteiger partial charge in [0, 0.05) is 19.0 Å². The van der Waals surface area contributed by atoms with Gasteiger partial charge in [0.25, 0.3) is 5.89 Å². The molecule has 0 aliphatic carbocycles. The fraction of sp³-hybridized carbons (Fsp3) is 0.500. The van der Waals surface area contributed by atoms with E-state index in [1.165, 1.54) is 28.6 Å². The fourth-order valence-electron chi connectivity index (χ4n) is 3.03. The van der Waals surface area contributed by atoms with E-state index in [0.717, 1.165) is 19.3 Å². The Morgan fingerprint density at radius 1 is 1.22 bits per heavy atom. The predicted molar refractivity (Wildman–Crippen MR) is 96.4 cm³/mol. The second kappa shape index (κ2) is 8.18. The van der Waals surface area contributed by atoms with Crippen molar-refractivity contribution >= 4 is 16.0 Å². The zero-order valence-corrected chi connectivity index (χ0v) is 16.2. The lowest BCUT2D eigenvalue weighted by molar-refractivity contribution is 0.0436. The Morgan fingerprint density at radius 2 is 1.93 bits per heavy atom. The molecule has 27 heavy (non-hydrogen) atoms. The van der Waals surface area contributed by atoms with Crippen LogP contribution in [-0.2, 0) is 27.8 Å². The fourth-order valence-corrected chi connectivity index (χ4v) is 4.73. The molecule has 3 rings (SSSR count). The Kier molecular flexibility index (Phi) is 5.91. The van der Waals surface area contributed by atoms with E-state index in [4.69, 9.17) is 9.15 Å². The topological polar surface area (TPSA) is 103 Å². The maximum absolute atomic E-state index is 12.8. The van der Waals surface area contributed by atoms with E-state index in [0.29, 0.717) is 18.9 Å². The Hall–Kier alpha value is -2.26. The molecule has 1 fully saturated rings. The van der Waals surface area contributed by atoms with Gasteiger partial charge in [-0.3, -0.25) is 0 Å². The maximum atomic E-state index is 12.8. The third-order valence-electron chi connectivity index (χ3n) is 4.58. The molecule has 0 spiro atoms. The normalized spacial score (nSPS) is 18.4. The summed E-state index contributed by atoms with van der Waals surface area (Å²) in [5.41, 5.74) is 0.260. The van der Waals surface area contributed by atoms with Gasteiger partial charge in [-0.1, -0.05) is 13.3 Å². The van der Waals surface area contributed by atoms with E-state index in [1.807, 2.05) is 13.8 Å². The van der Waals surface area contributed by atoms with Gasteiger partial charge in [-0.2, -0.15) is 4.31 Å². The summed E-state index contributed by atoms with van der Waals surface area (Å²) in [7, 11) is -3.56. The number of ether oxygens (including phenoxy) is 1. The van der Waals surface area contributed by atoms with Crippen molar-refractivity contribution in [2.75, 3.05) is 6.54 Å². The summed E-state index contributed by atoms with van der Waals surface area (Å²) in [4.78, 5) is 12.3. The molecule has 1 aliphatic rings. The number of nitrogens with zero attached hydrogens (tertiary/aromatic N) is 3. The molecule has 0 amide bonds. The highest BCUT2D eigenvalue weighted by atomic mass is 32.2. The van der Waals surface area contributed by atoms with Crippen molar-refractivity contribution in [1.82, 2.24) is 14.5 Å². The number of aromatic nitrogens is 2. The molecule has 1 aliphatic heterocycles. The van der Waals surface area contributed by atoms with Crippen LogP contribution in [0, 0.1) is 0 Å². The van der Waals surface area contributed by atoms with Gasteiger partial charge in [0.05, 0.1) is 10.5 Å². The lowest BCUT2D eigenvalue weighted by atomic mass is 10.1. The number of benzene rings is 1. The molecule has 9 heteroatoms. The lowest BCUT2D eigenvalue weighted by Crippen LogP contribution is -2.41. The quantitative estimate of drug-likeness (QED) is 0.695. The molecular formula is C18H23N3O5S. The molecule has 1 aromatic carbocycles. The Labute approximate surface area is 158 Å². The van der Waals surface area contributed by atoms with Gasteiger partial charge in [-0.15, -0.1) is 10.2 Å². The van der Waals surface area contributed by atoms with Crippen LogP contribution in [0.5, 0.6) is 0 Å². The van der Waals surface area contributed by atoms with Crippen molar-refractivity contribution in [3.63, 3.8) is 0 Å². The molecule has 1 aromatic heterocycles. The summed E-state index contributed by atoms with van der Waals surface area (Å²) in [5.74, 6) is 0.113. The van der Waals surface area contributed by atoms with E-state index >= 15 is 0 Å². The molecule has 0 bridgehead atoms. The number of hydrogen-bond acceptors (Lipinski definition) is 7. The molecule has 2 heterocycles. The number of piperidine rings is 1. The van der Waals surface area contributed by atoms with Crippen molar-refractivity contribution in [2.45, 2.75) is 57.1 Å². The number of carbonyl (C=O) groups excluding carboxylic acids is 1. The first-order valence-electron chi connectivity index (χ1n) is 9.02.